The number of aromatic nitrogens is 1. The van der Waals surface area contributed by atoms with Gasteiger partial charge in [-0.1, -0.05) is 13.8 Å². The van der Waals surface area contributed by atoms with Crippen molar-refractivity contribution >= 4 is 0 Å². The van der Waals surface area contributed by atoms with Gasteiger partial charge in [0.1, 0.15) is 0 Å². The Morgan fingerprint density at radius 2 is 2.00 bits per heavy atom. The van der Waals surface area contributed by atoms with Crippen molar-refractivity contribution in [1.29, 1.82) is 0 Å². The molecule has 0 radical (unpaired) electrons. The number of nitrogens with two attached hydrogens (primary N) is 1. The van der Waals surface area contributed by atoms with Crippen LogP contribution in [0.2, 0.25) is 0 Å². The Balaban J connectivity index is 1.87. The minimum Gasteiger partial charge on any atom is -0.324 e. The van der Waals surface area contributed by atoms with Crippen LogP contribution < -0.4 is 11.1 Å². The third-order valence-electron chi connectivity index (χ3n) is 3.40. The Morgan fingerprint density at radius 3 is 2.56 bits per heavy atom. The van der Waals surface area contributed by atoms with Gasteiger partial charge in [-0.25, -0.2) is 0 Å². The lowest BCUT2D eigenvalue weighted by Crippen LogP contribution is -2.41. The van der Waals surface area contributed by atoms with Crippen LogP contribution in [0.15, 0.2) is 24.5 Å². The van der Waals surface area contributed by atoms with Gasteiger partial charge < -0.3 is 11.1 Å². The average molecular weight is 219 g/mol. The van der Waals surface area contributed by atoms with E-state index in [0.29, 0.717) is 0 Å². The van der Waals surface area contributed by atoms with E-state index in [4.69, 9.17) is 5.73 Å². The number of hydrogen-bond acceptors (Lipinski definition) is 3. The molecule has 0 aromatic carbocycles. The van der Waals surface area contributed by atoms with Crippen molar-refractivity contribution in [2.75, 3.05) is 13.1 Å². The van der Waals surface area contributed by atoms with Gasteiger partial charge in [0.25, 0.3) is 0 Å². The van der Waals surface area contributed by atoms with Crippen molar-refractivity contribution in [2.24, 2.45) is 5.73 Å². The van der Waals surface area contributed by atoms with Crippen LogP contribution in [0, 0.1) is 0 Å². The van der Waals surface area contributed by atoms with E-state index in [9.17, 15) is 0 Å². The second kappa shape index (κ2) is 4.15. The van der Waals surface area contributed by atoms with Crippen molar-refractivity contribution in [3.05, 3.63) is 30.1 Å². The lowest BCUT2D eigenvalue weighted by molar-refractivity contribution is 0.448. The molecule has 1 saturated carbocycles. The standard InChI is InChI=1S/C13H21N3/c1-12(2,11-3-7-15-8-4-11)9-16-10-13(14)5-6-13/h3-4,7-8,16H,5-6,9-10,14H2,1-2H3. The Morgan fingerprint density at radius 1 is 1.38 bits per heavy atom. The molecular formula is C13H21N3. The van der Waals surface area contributed by atoms with E-state index in [1.54, 1.807) is 0 Å². The summed E-state index contributed by atoms with van der Waals surface area (Å²) in [7, 11) is 0. The zero-order chi connectivity index (χ0) is 11.6. The molecule has 1 aromatic rings. The van der Waals surface area contributed by atoms with E-state index in [1.807, 2.05) is 12.4 Å². The summed E-state index contributed by atoms with van der Waals surface area (Å²) in [5, 5.41) is 3.48. The van der Waals surface area contributed by atoms with E-state index in [1.165, 1.54) is 5.56 Å². The molecule has 0 aliphatic heterocycles. The molecule has 88 valence electrons. The summed E-state index contributed by atoms with van der Waals surface area (Å²) in [4.78, 5) is 4.05. The van der Waals surface area contributed by atoms with E-state index >= 15 is 0 Å². The Bertz CT molecular complexity index is 341. The van der Waals surface area contributed by atoms with Crippen molar-refractivity contribution in [2.45, 2.75) is 37.6 Å². The lowest BCUT2D eigenvalue weighted by Gasteiger charge is -2.26. The molecule has 1 heterocycles. The van der Waals surface area contributed by atoms with Gasteiger partial charge in [0.15, 0.2) is 0 Å². The molecule has 0 spiro atoms. The molecule has 3 heteroatoms. The highest BCUT2D eigenvalue weighted by Gasteiger charge is 2.37. The third-order valence-corrected chi connectivity index (χ3v) is 3.40. The van der Waals surface area contributed by atoms with Gasteiger partial charge in [0.05, 0.1) is 0 Å². The summed E-state index contributed by atoms with van der Waals surface area (Å²) >= 11 is 0. The minimum absolute atomic E-state index is 0.0916. The molecule has 1 aliphatic rings. The molecule has 1 fully saturated rings. The average Bonchev–Trinajstić information content (AvgIpc) is 2.98. The van der Waals surface area contributed by atoms with Gasteiger partial charge in [0.2, 0.25) is 0 Å². The van der Waals surface area contributed by atoms with Crippen LogP contribution in [-0.2, 0) is 5.41 Å². The number of rotatable bonds is 5. The molecule has 3 nitrogen and oxygen atoms in total. The summed E-state index contributed by atoms with van der Waals surface area (Å²) in [5.41, 5.74) is 7.58. The topological polar surface area (TPSA) is 50.9 Å². The summed E-state index contributed by atoms with van der Waals surface area (Å²) in [6, 6.07) is 4.16. The molecule has 0 unspecified atom stereocenters. The smallest absolute Gasteiger partial charge is 0.0282 e. The van der Waals surface area contributed by atoms with Crippen molar-refractivity contribution in [1.82, 2.24) is 10.3 Å². The minimum atomic E-state index is 0.0916. The number of pyridine rings is 1. The van der Waals surface area contributed by atoms with E-state index in [2.05, 4.69) is 36.3 Å². The zero-order valence-corrected chi connectivity index (χ0v) is 10.2. The maximum absolute atomic E-state index is 6.04. The van der Waals surface area contributed by atoms with Crippen LogP contribution >= 0.6 is 0 Å². The second-order valence-corrected chi connectivity index (χ2v) is 5.59. The van der Waals surface area contributed by atoms with Crippen molar-refractivity contribution < 1.29 is 0 Å². The second-order valence-electron chi connectivity index (χ2n) is 5.59. The lowest BCUT2D eigenvalue weighted by atomic mass is 9.85. The predicted octanol–water partition coefficient (Wildman–Crippen LogP) is 1.44. The summed E-state index contributed by atoms with van der Waals surface area (Å²) in [6.45, 7) is 6.37. The maximum Gasteiger partial charge on any atom is 0.0282 e. The largest absolute Gasteiger partial charge is 0.324 e. The first-order valence-electron chi connectivity index (χ1n) is 5.92. The SMILES string of the molecule is CC(C)(CNCC1(N)CC1)c1ccncc1. The molecule has 0 bridgehead atoms. The van der Waals surface area contributed by atoms with Gasteiger partial charge in [-0.3, -0.25) is 4.98 Å². The highest BCUT2D eigenvalue weighted by molar-refractivity contribution is 5.21. The Labute approximate surface area is 97.5 Å². The number of nitrogens with one attached hydrogen (secondary N) is 1. The molecule has 1 aromatic heterocycles. The summed E-state index contributed by atoms with van der Waals surface area (Å²) in [6.07, 6.45) is 6.02. The molecule has 2 rings (SSSR count). The van der Waals surface area contributed by atoms with Crippen molar-refractivity contribution in [3.8, 4) is 0 Å². The molecule has 3 N–H and O–H groups in total. The zero-order valence-electron chi connectivity index (χ0n) is 10.2. The first-order valence-corrected chi connectivity index (χ1v) is 5.92. The van der Waals surface area contributed by atoms with Crippen LogP contribution in [0.1, 0.15) is 32.3 Å². The third kappa shape index (κ3) is 2.80. The summed E-state index contributed by atoms with van der Waals surface area (Å²) in [5.74, 6) is 0. The highest BCUT2D eigenvalue weighted by atomic mass is 15.0. The molecule has 1 aliphatic carbocycles. The monoisotopic (exact) mass is 219 g/mol. The molecule has 0 atom stereocenters. The van der Waals surface area contributed by atoms with Gasteiger partial charge >= 0.3 is 0 Å². The fraction of sp³-hybridized carbons (Fsp3) is 0.615. The quantitative estimate of drug-likeness (QED) is 0.788. The Kier molecular flexibility index (Phi) is 3.00. The van der Waals surface area contributed by atoms with Gasteiger partial charge in [-0.15, -0.1) is 0 Å². The Hall–Kier alpha value is -0.930. The van der Waals surface area contributed by atoms with Gasteiger partial charge in [-0.2, -0.15) is 0 Å². The molecule has 0 amide bonds. The van der Waals surface area contributed by atoms with Gasteiger partial charge in [-0.05, 0) is 30.5 Å². The van der Waals surface area contributed by atoms with E-state index < -0.39 is 0 Å². The maximum atomic E-state index is 6.04. The fourth-order valence-corrected chi connectivity index (χ4v) is 1.87. The van der Waals surface area contributed by atoms with Crippen LogP contribution in [-0.4, -0.2) is 23.6 Å². The summed E-state index contributed by atoms with van der Waals surface area (Å²) < 4.78 is 0. The van der Waals surface area contributed by atoms with E-state index in [-0.39, 0.29) is 11.0 Å². The normalized spacial score (nSPS) is 18.4. The van der Waals surface area contributed by atoms with E-state index in [0.717, 1.165) is 25.9 Å². The first kappa shape index (κ1) is 11.6. The fourth-order valence-electron chi connectivity index (χ4n) is 1.87. The van der Waals surface area contributed by atoms with Crippen molar-refractivity contribution in [3.63, 3.8) is 0 Å². The number of hydrogen-bond donors (Lipinski definition) is 2. The van der Waals surface area contributed by atoms with Crippen LogP contribution in [0.3, 0.4) is 0 Å². The number of nitrogens with zero attached hydrogens (tertiary/aromatic N) is 1. The first-order chi connectivity index (χ1) is 7.52. The molecule has 0 saturated heterocycles. The highest BCUT2D eigenvalue weighted by Crippen LogP contribution is 2.31. The van der Waals surface area contributed by atoms with Gasteiger partial charge in [0, 0.05) is 36.4 Å². The predicted molar refractivity (Wildman–Crippen MR) is 66.3 cm³/mol. The van der Waals surface area contributed by atoms with Crippen LogP contribution in [0.4, 0.5) is 0 Å². The van der Waals surface area contributed by atoms with Crippen LogP contribution in [0.5, 0.6) is 0 Å². The molecular weight excluding hydrogens is 198 g/mol. The molecule has 16 heavy (non-hydrogen) atoms. The van der Waals surface area contributed by atoms with Crippen LogP contribution in [0.25, 0.3) is 0 Å².